The smallest absolute Gasteiger partial charge is 0.308 e. The average Bonchev–Trinajstić information content (AvgIpc) is 2.49. The van der Waals surface area contributed by atoms with Crippen molar-refractivity contribution in [3.8, 4) is 6.07 Å². The maximum atomic E-state index is 13.1. The highest BCUT2D eigenvalue weighted by atomic mass is 19.1. The molecule has 0 spiro atoms. The van der Waals surface area contributed by atoms with Crippen LogP contribution in [0.1, 0.15) is 31.2 Å². The van der Waals surface area contributed by atoms with Gasteiger partial charge in [-0.15, -0.1) is 0 Å². The Kier molecular flexibility index (Phi) is 4.57. The summed E-state index contributed by atoms with van der Waals surface area (Å²) in [6.45, 7) is 0. The van der Waals surface area contributed by atoms with E-state index >= 15 is 0 Å². The van der Waals surface area contributed by atoms with Crippen LogP contribution in [-0.4, -0.2) is 19.1 Å². The number of carbonyl (C=O) groups excluding carboxylic acids is 1. The highest BCUT2D eigenvalue weighted by molar-refractivity contribution is 5.72. The van der Waals surface area contributed by atoms with E-state index in [1.54, 1.807) is 6.07 Å². The Morgan fingerprint density at radius 2 is 2.10 bits per heavy atom. The number of nitriles is 1. The van der Waals surface area contributed by atoms with Gasteiger partial charge in [-0.25, -0.2) is 4.39 Å². The molecule has 1 aliphatic carbocycles. The lowest BCUT2D eigenvalue weighted by atomic mass is 9.86. The van der Waals surface area contributed by atoms with Crippen molar-refractivity contribution < 1.29 is 13.9 Å². The highest BCUT2D eigenvalue weighted by Crippen LogP contribution is 2.28. The van der Waals surface area contributed by atoms with Crippen molar-refractivity contribution in [3.63, 3.8) is 0 Å². The lowest BCUT2D eigenvalue weighted by molar-refractivity contribution is -0.146. The van der Waals surface area contributed by atoms with E-state index in [4.69, 9.17) is 10.00 Å². The van der Waals surface area contributed by atoms with Crippen molar-refractivity contribution >= 4 is 11.7 Å². The Balaban J connectivity index is 1.96. The van der Waals surface area contributed by atoms with Gasteiger partial charge in [0.15, 0.2) is 0 Å². The highest BCUT2D eigenvalue weighted by Gasteiger charge is 2.27. The molecule has 1 aromatic rings. The predicted molar refractivity (Wildman–Crippen MR) is 72.5 cm³/mol. The fourth-order valence-electron chi connectivity index (χ4n) is 2.59. The Labute approximate surface area is 117 Å². The fraction of sp³-hybridized carbons (Fsp3) is 0.467. The van der Waals surface area contributed by atoms with Crippen LogP contribution in [0.4, 0.5) is 10.1 Å². The van der Waals surface area contributed by atoms with Crippen molar-refractivity contribution in [1.29, 1.82) is 5.26 Å². The molecule has 0 unspecified atom stereocenters. The number of carbonyl (C=O) groups is 1. The molecule has 0 aromatic heterocycles. The molecule has 0 radical (unpaired) electrons. The van der Waals surface area contributed by atoms with Gasteiger partial charge in [-0.2, -0.15) is 5.26 Å². The molecule has 1 aromatic carbocycles. The zero-order valence-corrected chi connectivity index (χ0v) is 11.4. The Morgan fingerprint density at radius 3 is 2.70 bits per heavy atom. The normalized spacial score (nSPS) is 21.9. The summed E-state index contributed by atoms with van der Waals surface area (Å²) in [7, 11) is 1.41. The molecule has 0 aliphatic heterocycles. The maximum absolute atomic E-state index is 13.1. The molecule has 0 bridgehead atoms. The van der Waals surface area contributed by atoms with Crippen LogP contribution < -0.4 is 5.32 Å². The zero-order chi connectivity index (χ0) is 14.5. The summed E-state index contributed by atoms with van der Waals surface area (Å²) in [5, 5.41) is 12.3. The van der Waals surface area contributed by atoms with E-state index in [2.05, 4.69) is 5.32 Å². The van der Waals surface area contributed by atoms with Gasteiger partial charge in [0, 0.05) is 6.04 Å². The monoisotopic (exact) mass is 276 g/mol. The minimum absolute atomic E-state index is 0.0262. The van der Waals surface area contributed by atoms with E-state index in [9.17, 15) is 9.18 Å². The van der Waals surface area contributed by atoms with Gasteiger partial charge >= 0.3 is 5.97 Å². The largest absolute Gasteiger partial charge is 0.469 e. The van der Waals surface area contributed by atoms with Gasteiger partial charge in [0.1, 0.15) is 11.9 Å². The van der Waals surface area contributed by atoms with Gasteiger partial charge < -0.3 is 10.1 Å². The summed E-state index contributed by atoms with van der Waals surface area (Å²) < 4.78 is 17.8. The Hall–Kier alpha value is -2.09. The van der Waals surface area contributed by atoms with E-state index in [1.165, 1.54) is 19.2 Å². The van der Waals surface area contributed by atoms with Crippen LogP contribution in [0, 0.1) is 23.1 Å². The Bertz CT molecular complexity index is 531. The van der Waals surface area contributed by atoms with Gasteiger partial charge in [-0.1, -0.05) is 0 Å². The fourth-order valence-corrected chi connectivity index (χ4v) is 2.59. The van der Waals surface area contributed by atoms with Crippen LogP contribution in [0.15, 0.2) is 18.2 Å². The number of ether oxygens (including phenoxy) is 1. The van der Waals surface area contributed by atoms with Crippen molar-refractivity contribution in [2.24, 2.45) is 5.92 Å². The molecule has 20 heavy (non-hydrogen) atoms. The average molecular weight is 276 g/mol. The number of methoxy groups -OCH3 is 1. The standard InChI is InChI=1S/C15H17FN2O2/c1-20-15(19)10-2-5-13(6-3-10)18-14-7-4-12(16)8-11(14)9-17/h4,7-8,10,13,18H,2-3,5-6H2,1H3. The van der Waals surface area contributed by atoms with Crippen LogP contribution in [-0.2, 0) is 9.53 Å². The third-order valence-corrected chi connectivity index (χ3v) is 3.72. The first kappa shape index (κ1) is 14.3. The summed E-state index contributed by atoms with van der Waals surface area (Å²) in [6.07, 6.45) is 3.21. The number of nitrogens with one attached hydrogen (secondary N) is 1. The third-order valence-electron chi connectivity index (χ3n) is 3.72. The van der Waals surface area contributed by atoms with Gasteiger partial charge in [0.2, 0.25) is 0 Å². The van der Waals surface area contributed by atoms with Crippen LogP contribution >= 0.6 is 0 Å². The van der Waals surface area contributed by atoms with E-state index < -0.39 is 5.82 Å². The molecule has 1 aliphatic rings. The molecule has 106 valence electrons. The predicted octanol–water partition coefficient (Wildman–Crippen LogP) is 2.84. The first-order valence-corrected chi connectivity index (χ1v) is 6.68. The van der Waals surface area contributed by atoms with Crippen molar-refractivity contribution in [3.05, 3.63) is 29.6 Å². The molecular weight excluding hydrogens is 259 g/mol. The lowest BCUT2D eigenvalue weighted by Gasteiger charge is -2.28. The third kappa shape index (κ3) is 3.27. The van der Waals surface area contributed by atoms with E-state index in [0.717, 1.165) is 25.7 Å². The second-order valence-electron chi connectivity index (χ2n) is 5.02. The van der Waals surface area contributed by atoms with E-state index in [-0.39, 0.29) is 17.9 Å². The molecule has 0 amide bonds. The van der Waals surface area contributed by atoms with Crippen LogP contribution in [0.25, 0.3) is 0 Å². The number of rotatable bonds is 3. The minimum atomic E-state index is -0.415. The molecule has 4 nitrogen and oxygen atoms in total. The summed E-state index contributed by atoms with van der Waals surface area (Å²) >= 11 is 0. The van der Waals surface area contributed by atoms with Crippen LogP contribution in [0.3, 0.4) is 0 Å². The van der Waals surface area contributed by atoms with E-state index in [1.807, 2.05) is 6.07 Å². The first-order valence-electron chi connectivity index (χ1n) is 6.68. The summed E-state index contributed by atoms with van der Waals surface area (Å²) in [5.74, 6) is -0.592. The second-order valence-corrected chi connectivity index (χ2v) is 5.02. The summed E-state index contributed by atoms with van der Waals surface area (Å²) in [4.78, 5) is 11.4. The molecule has 0 heterocycles. The molecule has 5 heteroatoms. The summed E-state index contributed by atoms with van der Waals surface area (Å²) in [6, 6.07) is 6.33. The van der Waals surface area contributed by atoms with E-state index in [0.29, 0.717) is 11.3 Å². The number of nitrogens with zero attached hydrogens (tertiary/aromatic N) is 1. The number of halogens is 1. The van der Waals surface area contributed by atoms with Crippen molar-refractivity contribution in [1.82, 2.24) is 0 Å². The number of benzene rings is 1. The number of esters is 1. The topological polar surface area (TPSA) is 62.1 Å². The van der Waals surface area contributed by atoms with Gasteiger partial charge in [0.05, 0.1) is 24.3 Å². The second kappa shape index (κ2) is 6.38. The molecule has 1 fully saturated rings. The molecular formula is C15H17FN2O2. The van der Waals surface area contributed by atoms with Crippen LogP contribution in [0.5, 0.6) is 0 Å². The SMILES string of the molecule is COC(=O)C1CCC(Nc2ccc(F)cc2C#N)CC1. The van der Waals surface area contributed by atoms with Crippen molar-refractivity contribution in [2.75, 3.05) is 12.4 Å². The minimum Gasteiger partial charge on any atom is -0.469 e. The first-order chi connectivity index (χ1) is 9.63. The van der Waals surface area contributed by atoms with Gasteiger partial charge in [-0.3, -0.25) is 4.79 Å². The van der Waals surface area contributed by atoms with Crippen molar-refractivity contribution in [2.45, 2.75) is 31.7 Å². The number of anilines is 1. The summed E-state index contributed by atoms with van der Waals surface area (Å²) in [5.41, 5.74) is 0.954. The van der Waals surface area contributed by atoms with Gasteiger partial charge in [0.25, 0.3) is 0 Å². The molecule has 0 saturated heterocycles. The zero-order valence-electron chi connectivity index (χ0n) is 11.4. The quantitative estimate of drug-likeness (QED) is 0.862. The lowest BCUT2D eigenvalue weighted by Crippen LogP contribution is -2.30. The number of hydrogen-bond acceptors (Lipinski definition) is 4. The Morgan fingerprint density at radius 1 is 1.40 bits per heavy atom. The van der Waals surface area contributed by atoms with Crippen LogP contribution in [0.2, 0.25) is 0 Å². The molecule has 1 N–H and O–H groups in total. The number of hydrogen-bond donors (Lipinski definition) is 1. The molecule has 0 atom stereocenters. The molecule has 1 saturated carbocycles. The molecule has 2 rings (SSSR count). The van der Waals surface area contributed by atoms with Gasteiger partial charge in [-0.05, 0) is 43.9 Å². The maximum Gasteiger partial charge on any atom is 0.308 e.